The molecule has 0 spiro atoms. The summed E-state index contributed by atoms with van der Waals surface area (Å²) < 4.78 is 15.6. The molecule has 0 unspecified atom stereocenters. The van der Waals surface area contributed by atoms with Gasteiger partial charge in [-0.3, -0.25) is 4.79 Å². The van der Waals surface area contributed by atoms with Crippen LogP contribution in [0, 0.1) is 0 Å². The maximum Gasteiger partial charge on any atom is 0.335 e. The summed E-state index contributed by atoms with van der Waals surface area (Å²) in [6, 6.07) is 10.0. The molecule has 144 valence electrons. The Hall–Kier alpha value is -3.06. The van der Waals surface area contributed by atoms with E-state index in [2.05, 4.69) is 5.32 Å². The normalized spacial score (nSPS) is 10.3. The molecular weight excluding hydrogens is 350 g/mol. The average Bonchev–Trinajstić information content (AvgIpc) is 2.66. The maximum absolute atomic E-state index is 12.3. The molecular formula is C20H23NO6. The van der Waals surface area contributed by atoms with Gasteiger partial charge in [-0.25, -0.2) is 4.79 Å². The lowest BCUT2D eigenvalue weighted by Gasteiger charge is -2.11. The highest BCUT2D eigenvalue weighted by Crippen LogP contribution is 2.25. The molecule has 0 saturated heterocycles. The first-order chi connectivity index (χ1) is 13.0. The average molecular weight is 373 g/mol. The number of anilines is 1. The summed E-state index contributed by atoms with van der Waals surface area (Å²) in [6.45, 7) is 0.255. The van der Waals surface area contributed by atoms with Crippen LogP contribution in [0.25, 0.3) is 0 Å². The highest BCUT2D eigenvalue weighted by atomic mass is 16.5. The van der Waals surface area contributed by atoms with E-state index in [9.17, 15) is 14.7 Å². The summed E-state index contributed by atoms with van der Waals surface area (Å²) in [6.07, 6.45) is 0.663. The van der Waals surface area contributed by atoms with Gasteiger partial charge >= 0.3 is 5.97 Å². The third-order valence-electron chi connectivity index (χ3n) is 3.94. The zero-order chi connectivity index (χ0) is 19.8. The Morgan fingerprint density at radius 2 is 1.81 bits per heavy atom. The van der Waals surface area contributed by atoms with Crippen LogP contribution in [0.1, 0.15) is 27.9 Å². The number of carbonyl (C=O) groups excluding carboxylic acids is 1. The molecule has 0 atom stereocenters. The standard InChI is InChI=1S/C20H23NO6/c1-25-12-13-8-15(20(23)24)10-16(9-13)21-19(22)7-4-14-11-17(26-2)5-6-18(14)27-3/h5-6,8-11H,4,7,12H2,1-3H3,(H,21,22)(H,23,24). The predicted octanol–water partition coefficient (Wildman–Crippen LogP) is 3.12. The molecule has 7 heteroatoms. The summed E-state index contributed by atoms with van der Waals surface area (Å²) in [5, 5.41) is 12.0. The fourth-order valence-electron chi connectivity index (χ4n) is 2.69. The largest absolute Gasteiger partial charge is 0.497 e. The predicted molar refractivity (Wildman–Crippen MR) is 101 cm³/mol. The molecule has 0 aliphatic rings. The number of hydrogen-bond acceptors (Lipinski definition) is 5. The Labute approximate surface area is 157 Å². The van der Waals surface area contributed by atoms with Gasteiger partial charge < -0.3 is 24.6 Å². The topological polar surface area (TPSA) is 94.1 Å². The van der Waals surface area contributed by atoms with Crippen molar-refractivity contribution in [3.05, 3.63) is 53.1 Å². The molecule has 2 aromatic carbocycles. The highest BCUT2D eigenvalue weighted by Gasteiger charge is 2.11. The Morgan fingerprint density at radius 1 is 1.04 bits per heavy atom. The minimum absolute atomic E-state index is 0.0920. The van der Waals surface area contributed by atoms with Gasteiger partial charge in [0.15, 0.2) is 0 Å². The number of nitrogens with one attached hydrogen (secondary N) is 1. The van der Waals surface area contributed by atoms with Crippen LogP contribution >= 0.6 is 0 Å². The quantitative estimate of drug-likeness (QED) is 0.701. The van der Waals surface area contributed by atoms with Gasteiger partial charge in [-0.05, 0) is 53.9 Å². The minimum atomic E-state index is -1.07. The second-order valence-electron chi connectivity index (χ2n) is 5.88. The number of amides is 1. The molecule has 2 aromatic rings. The first-order valence-corrected chi connectivity index (χ1v) is 8.33. The van der Waals surface area contributed by atoms with Gasteiger partial charge in [-0.2, -0.15) is 0 Å². The number of aromatic carboxylic acids is 1. The molecule has 0 fully saturated rings. The lowest BCUT2D eigenvalue weighted by atomic mass is 10.1. The van der Waals surface area contributed by atoms with Crippen molar-refractivity contribution in [3.8, 4) is 11.5 Å². The van der Waals surface area contributed by atoms with Gasteiger partial charge in [0.25, 0.3) is 0 Å². The number of carboxylic acids is 1. The van der Waals surface area contributed by atoms with Crippen LogP contribution in [-0.2, 0) is 22.6 Å². The molecule has 2 N–H and O–H groups in total. The van der Waals surface area contributed by atoms with Crippen molar-refractivity contribution >= 4 is 17.6 Å². The van der Waals surface area contributed by atoms with E-state index < -0.39 is 5.97 Å². The number of rotatable bonds is 9. The van der Waals surface area contributed by atoms with Gasteiger partial charge in [0, 0.05) is 19.2 Å². The van der Waals surface area contributed by atoms with E-state index in [1.54, 1.807) is 32.4 Å². The Kier molecular flexibility index (Phi) is 7.19. The number of carboxylic acid groups (broad SMARTS) is 1. The first-order valence-electron chi connectivity index (χ1n) is 8.33. The molecule has 0 radical (unpaired) electrons. The van der Waals surface area contributed by atoms with Gasteiger partial charge in [0.1, 0.15) is 11.5 Å². The summed E-state index contributed by atoms with van der Waals surface area (Å²) in [5.41, 5.74) is 2.03. The summed E-state index contributed by atoms with van der Waals surface area (Å²) >= 11 is 0. The van der Waals surface area contributed by atoms with Crippen LogP contribution in [0.4, 0.5) is 5.69 Å². The van der Waals surface area contributed by atoms with E-state index in [0.717, 1.165) is 5.56 Å². The number of carbonyl (C=O) groups is 2. The molecule has 1 amide bonds. The van der Waals surface area contributed by atoms with Crippen LogP contribution in [0.3, 0.4) is 0 Å². The Bertz CT molecular complexity index is 818. The third-order valence-corrected chi connectivity index (χ3v) is 3.94. The number of benzene rings is 2. The number of methoxy groups -OCH3 is 3. The van der Waals surface area contributed by atoms with E-state index >= 15 is 0 Å². The van der Waals surface area contributed by atoms with Crippen molar-refractivity contribution in [3.63, 3.8) is 0 Å². The molecule has 0 aliphatic carbocycles. The van der Waals surface area contributed by atoms with Gasteiger partial charge in [0.2, 0.25) is 5.91 Å². The summed E-state index contributed by atoms with van der Waals surface area (Å²) in [7, 11) is 4.67. The van der Waals surface area contributed by atoms with Crippen molar-refractivity contribution < 1.29 is 28.9 Å². The van der Waals surface area contributed by atoms with Crippen molar-refractivity contribution in [1.82, 2.24) is 0 Å². The molecule has 7 nitrogen and oxygen atoms in total. The lowest BCUT2D eigenvalue weighted by molar-refractivity contribution is -0.116. The Morgan fingerprint density at radius 3 is 2.44 bits per heavy atom. The Balaban J connectivity index is 2.09. The molecule has 2 rings (SSSR count). The van der Waals surface area contributed by atoms with Gasteiger partial charge in [-0.1, -0.05) is 0 Å². The number of ether oxygens (including phenoxy) is 3. The number of hydrogen-bond donors (Lipinski definition) is 2. The van der Waals surface area contributed by atoms with E-state index in [1.165, 1.54) is 19.2 Å². The molecule has 27 heavy (non-hydrogen) atoms. The smallest absolute Gasteiger partial charge is 0.335 e. The van der Waals surface area contributed by atoms with E-state index in [4.69, 9.17) is 14.2 Å². The third kappa shape index (κ3) is 5.72. The molecule has 0 bridgehead atoms. The molecule has 0 saturated carbocycles. The van der Waals surface area contributed by atoms with Crippen molar-refractivity contribution in [2.24, 2.45) is 0 Å². The lowest BCUT2D eigenvalue weighted by Crippen LogP contribution is -2.13. The van der Waals surface area contributed by atoms with E-state index in [1.807, 2.05) is 6.07 Å². The second-order valence-corrected chi connectivity index (χ2v) is 5.88. The zero-order valence-electron chi connectivity index (χ0n) is 15.6. The van der Waals surface area contributed by atoms with E-state index in [0.29, 0.717) is 29.2 Å². The minimum Gasteiger partial charge on any atom is -0.497 e. The monoisotopic (exact) mass is 373 g/mol. The fraction of sp³-hybridized carbons (Fsp3) is 0.300. The van der Waals surface area contributed by atoms with Gasteiger partial charge in [0.05, 0.1) is 26.4 Å². The van der Waals surface area contributed by atoms with Crippen molar-refractivity contribution in [2.45, 2.75) is 19.4 Å². The summed E-state index contributed by atoms with van der Waals surface area (Å²) in [4.78, 5) is 23.6. The molecule has 0 aliphatic heterocycles. The SMILES string of the molecule is COCc1cc(NC(=O)CCc2cc(OC)ccc2OC)cc(C(=O)O)c1. The number of aryl methyl sites for hydroxylation is 1. The fourth-order valence-corrected chi connectivity index (χ4v) is 2.69. The van der Waals surface area contributed by atoms with Gasteiger partial charge in [-0.15, -0.1) is 0 Å². The van der Waals surface area contributed by atoms with Crippen LogP contribution in [0.2, 0.25) is 0 Å². The molecule has 0 heterocycles. The highest BCUT2D eigenvalue weighted by molar-refractivity contribution is 5.94. The van der Waals surface area contributed by atoms with Crippen LogP contribution in [0.5, 0.6) is 11.5 Å². The second kappa shape index (κ2) is 9.59. The van der Waals surface area contributed by atoms with Crippen LogP contribution in [-0.4, -0.2) is 38.3 Å². The molecule has 0 aromatic heterocycles. The van der Waals surface area contributed by atoms with Crippen LogP contribution in [0.15, 0.2) is 36.4 Å². The maximum atomic E-state index is 12.3. The zero-order valence-corrected chi connectivity index (χ0v) is 15.6. The van der Waals surface area contributed by atoms with E-state index in [-0.39, 0.29) is 24.5 Å². The van der Waals surface area contributed by atoms with Crippen molar-refractivity contribution in [1.29, 1.82) is 0 Å². The van der Waals surface area contributed by atoms with Crippen molar-refractivity contribution in [2.75, 3.05) is 26.6 Å². The van der Waals surface area contributed by atoms with Crippen LogP contribution < -0.4 is 14.8 Å². The summed E-state index contributed by atoms with van der Waals surface area (Å²) in [5.74, 6) is 0.0683. The first kappa shape index (κ1) is 20.3.